The summed E-state index contributed by atoms with van der Waals surface area (Å²) in [7, 11) is 0. The molecule has 34 heavy (non-hydrogen) atoms. The van der Waals surface area contributed by atoms with Crippen LogP contribution in [0.4, 0.5) is 8.78 Å². The van der Waals surface area contributed by atoms with Crippen molar-refractivity contribution < 1.29 is 8.78 Å². The van der Waals surface area contributed by atoms with Crippen molar-refractivity contribution in [1.29, 1.82) is 0 Å². The molecular formula is C27H26F2N4O. The number of hydrogen-bond donors (Lipinski definition) is 0. The second-order valence-electron chi connectivity index (χ2n) is 8.07. The highest BCUT2D eigenvalue weighted by atomic mass is 19.1. The van der Waals surface area contributed by atoms with Gasteiger partial charge in [0.15, 0.2) is 0 Å². The van der Waals surface area contributed by atoms with Gasteiger partial charge >= 0.3 is 0 Å². The van der Waals surface area contributed by atoms with Gasteiger partial charge in [-0.05, 0) is 79.7 Å². The molecule has 0 unspecified atom stereocenters. The smallest absolute Gasteiger partial charge is 0.267 e. The van der Waals surface area contributed by atoms with Crippen molar-refractivity contribution in [1.82, 2.24) is 19.4 Å². The highest BCUT2D eigenvalue weighted by Crippen LogP contribution is 2.19. The fourth-order valence-corrected chi connectivity index (χ4v) is 3.89. The van der Waals surface area contributed by atoms with E-state index in [1.165, 1.54) is 28.8 Å². The molecule has 0 aliphatic carbocycles. The zero-order valence-electron chi connectivity index (χ0n) is 19.4. The minimum absolute atomic E-state index is 0.148. The maximum Gasteiger partial charge on any atom is 0.267 e. The second kappa shape index (κ2) is 10.1. The largest absolute Gasteiger partial charge is 0.300 e. The lowest BCUT2D eigenvalue weighted by Gasteiger charge is -2.18. The summed E-state index contributed by atoms with van der Waals surface area (Å²) < 4.78 is 29.8. The van der Waals surface area contributed by atoms with Gasteiger partial charge in [-0.2, -0.15) is 0 Å². The quantitative estimate of drug-likeness (QED) is 0.372. The van der Waals surface area contributed by atoms with Crippen molar-refractivity contribution >= 4 is 23.1 Å². The molecule has 2 heterocycles. The van der Waals surface area contributed by atoms with Gasteiger partial charge in [0.2, 0.25) is 0 Å². The minimum Gasteiger partial charge on any atom is -0.300 e. The van der Waals surface area contributed by atoms with Gasteiger partial charge in [0.25, 0.3) is 5.56 Å². The topological polar surface area (TPSA) is 51.0 Å². The number of hydrogen-bond acceptors (Lipinski definition) is 4. The third kappa shape index (κ3) is 4.79. The molecule has 0 atom stereocenters. The van der Waals surface area contributed by atoms with E-state index in [0.717, 1.165) is 24.2 Å². The monoisotopic (exact) mass is 460 g/mol. The zero-order chi connectivity index (χ0) is 24.2. The molecule has 0 N–H and O–H groups in total. The van der Waals surface area contributed by atoms with Crippen LogP contribution in [0, 0.1) is 18.6 Å². The van der Waals surface area contributed by atoms with E-state index in [2.05, 4.69) is 28.7 Å². The summed E-state index contributed by atoms with van der Waals surface area (Å²) in [6.07, 6.45) is 4.78. The molecule has 0 amide bonds. The predicted molar refractivity (Wildman–Crippen MR) is 132 cm³/mol. The number of aryl methyl sites for hydroxylation is 1. The van der Waals surface area contributed by atoms with Gasteiger partial charge in [0.05, 0.1) is 10.9 Å². The van der Waals surface area contributed by atoms with Crippen molar-refractivity contribution in [2.75, 3.05) is 13.1 Å². The molecule has 5 nitrogen and oxygen atoms in total. The molecule has 2 aromatic heterocycles. The number of rotatable bonds is 7. The molecule has 0 aliphatic rings. The molecule has 4 rings (SSSR count). The van der Waals surface area contributed by atoms with Gasteiger partial charge < -0.3 is 0 Å². The Morgan fingerprint density at radius 3 is 2.56 bits per heavy atom. The molecule has 0 aliphatic heterocycles. The molecule has 0 saturated heterocycles. The molecule has 0 radical (unpaired) electrons. The average molecular weight is 461 g/mol. The summed E-state index contributed by atoms with van der Waals surface area (Å²) in [5, 5.41) is 0.148. The van der Waals surface area contributed by atoms with Gasteiger partial charge in [-0.15, -0.1) is 0 Å². The van der Waals surface area contributed by atoms with E-state index in [-0.39, 0.29) is 17.0 Å². The predicted octanol–water partition coefficient (Wildman–Crippen LogP) is 5.38. The summed E-state index contributed by atoms with van der Waals surface area (Å²) in [6.45, 7) is 8.51. The highest BCUT2D eigenvalue weighted by molar-refractivity contribution is 5.80. The highest BCUT2D eigenvalue weighted by Gasteiger charge is 2.15. The molecular weight excluding hydrogens is 434 g/mol. The van der Waals surface area contributed by atoms with Crippen molar-refractivity contribution in [2.45, 2.75) is 27.3 Å². The molecule has 7 heteroatoms. The Labute approximate surface area is 197 Å². The first-order valence-corrected chi connectivity index (χ1v) is 11.2. The average Bonchev–Trinajstić information content (AvgIpc) is 2.84. The molecule has 0 bridgehead atoms. The number of pyridine rings is 1. The number of halogens is 2. The van der Waals surface area contributed by atoms with Crippen LogP contribution in [0.15, 0.2) is 59.5 Å². The van der Waals surface area contributed by atoms with E-state index >= 15 is 0 Å². The summed E-state index contributed by atoms with van der Waals surface area (Å²) >= 11 is 0. The van der Waals surface area contributed by atoms with Crippen LogP contribution in [0.5, 0.6) is 0 Å². The van der Waals surface area contributed by atoms with Crippen LogP contribution in [0.3, 0.4) is 0 Å². The normalized spacial score (nSPS) is 11.7. The van der Waals surface area contributed by atoms with Gasteiger partial charge in [-0.25, -0.2) is 23.3 Å². The molecule has 0 spiro atoms. The van der Waals surface area contributed by atoms with Gasteiger partial charge in [-0.1, -0.05) is 26.0 Å². The van der Waals surface area contributed by atoms with E-state index in [4.69, 9.17) is 0 Å². The van der Waals surface area contributed by atoms with Crippen LogP contribution in [0.1, 0.15) is 36.4 Å². The van der Waals surface area contributed by atoms with Crippen LogP contribution in [0.25, 0.3) is 28.9 Å². The van der Waals surface area contributed by atoms with Crippen molar-refractivity contribution in [3.05, 3.63) is 99.2 Å². The fraction of sp³-hybridized carbons (Fsp3) is 0.222. The Morgan fingerprint density at radius 1 is 1.03 bits per heavy atom. The first kappa shape index (κ1) is 23.4. The maximum absolute atomic E-state index is 14.6. The maximum atomic E-state index is 14.6. The van der Waals surface area contributed by atoms with E-state index in [9.17, 15) is 13.6 Å². The van der Waals surface area contributed by atoms with Crippen LogP contribution in [0.2, 0.25) is 0 Å². The van der Waals surface area contributed by atoms with Crippen molar-refractivity contribution in [3.8, 4) is 5.82 Å². The van der Waals surface area contributed by atoms with E-state index in [1.807, 2.05) is 13.0 Å². The fourth-order valence-electron chi connectivity index (χ4n) is 3.89. The minimum atomic E-state index is -0.522. The Hall–Kier alpha value is -3.71. The summed E-state index contributed by atoms with van der Waals surface area (Å²) in [5.41, 5.74) is 2.05. The van der Waals surface area contributed by atoms with Crippen LogP contribution < -0.4 is 5.56 Å². The second-order valence-corrected chi connectivity index (χ2v) is 8.07. The third-order valence-electron chi connectivity index (χ3n) is 5.82. The standard InChI is InChI=1S/C27H26F2N4O/c1-4-32(5-2)17-19-8-11-23(29)20(15-19)9-13-25-31-24-12-10-21(28)16-22(24)27(34)33(25)26-18(3)7-6-14-30-26/h6-16H,4-5,17H2,1-3H3/b13-9+. The molecule has 4 aromatic rings. The summed E-state index contributed by atoms with van der Waals surface area (Å²) in [5.74, 6) is -0.225. The summed E-state index contributed by atoms with van der Waals surface area (Å²) in [4.78, 5) is 24.5. The van der Waals surface area contributed by atoms with Crippen LogP contribution in [-0.4, -0.2) is 32.5 Å². The first-order chi connectivity index (χ1) is 16.4. The number of benzene rings is 2. The Bertz CT molecular complexity index is 1420. The Balaban J connectivity index is 1.85. The number of aromatic nitrogens is 3. The Morgan fingerprint density at radius 2 is 1.82 bits per heavy atom. The molecule has 2 aromatic carbocycles. The Kier molecular flexibility index (Phi) is 6.93. The zero-order valence-corrected chi connectivity index (χ0v) is 19.4. The van der Waals surface area contributed by atoms with Crippen molar-refractivity contribution in [3.63, 3.8) is 0 Å². The lowest BCUT2D eigenvalue weighted by atomic mass is 10.1. The van der Waals surface area contributed by atoms with Gasteiger partial charge in [0.1, 0.15) is 23.3 Å². The number of fused-ring (bicyclic) bond motifs is 1. The van der Waals surface area contributed by atoms with E-state index < -0.39 is 11.4 Å². The lowest BCUT2D eigenvalue weighted by molar-refractivity contribution is 0.296. The van der Waals surface area contributed by atoms with Gasteiger partial charge in [0, 0.05) is 18.3 Å². The van der Waals surface area contributed by atoms with Gasteiger partial charge in [-0.3, -0.25) is 9.69 Å². The van der Waals surface area contributed by atoms with E-state index in [1.54, 1.807) is 36.5 Å². The van der Waals surface area contributed by atoms with Crippen molar-refractivity contribution in [2.24, 2.45) is 0 Å². The SMILES string of the molecule is CCN(CC)Cc1ccc(F)c(/C=C/c2nc3ccc(F)cc3c(=O)n2-c2ncccc2C)c1. The van der Waals surface area contributed by atoms with Crippen LogP contribution in [-0.2, 0) is 6.54 Å². The van der Waals surface area contributed by atoms with Crippen LogP contribution >= 0.6 is 0 Å². The molecule has 174 valence electrons. The summed E-state index contributed by atoms with van der Waals surface area (Å²) in [6, 6.07) is 12.5. The first-order valence-electron chi connectivity index (χ1n) is 11.2. The third-order valence-corrected chi connectivity index (χ3v) is 5.82. The van der Waals surface area contributed by atoms with E-state index in [0.29, 0.717) is 23.4 Å². The molecule has 0 fully saturated rings. The lowest BCUT2D eigenvalue weighted by Crippen LogP contribution is -2.24. The molecule has 0 saturated carbocycles. The number of nitrogens with zero attached hydrogens (tertiary/aromatic N) is 4.